The molecule has 0 unspecified atom stereocenters. The first-order valence-electron chi connectivity index (χ1n) is 4.50. The smallest absolute Gasteiger partial charge is 0.331 e. The van der Waals surface area contributed by atoms with Crippen molar-refractivity contribution in [2.45, 2.75) is 13.3 Å². The molecule has 0 aromatic heterocycles. The quantitative estimate of drug-likeness (QED) is 0.524. The molecule has 0 atom stereocenters. The molecule has 0 aliphatic rings. The van der Waals surface area contributed by atoms with Crippen molar-refractivity contribution in [1.82, 2.24) is 0 Å². The Hall–Kier alpha value is -1.97. The number of carboxylic acids is 1. The van der Waals surface area contributed by atoms with Crippen LogP contribution >= 0.6 is 0 Å². The predicted octanol–water partition coefficient (Wildman–Crippen LogP) is 1.98. The maximum Gasteiger partial charge on any atom is 0.331 e. The number of carbonyl (C=O) groups is 1. The van der Waals surface area contributed by atoms with Gasteiger partial charge in [0.1, 0.15) is 0 Å². The fourth-order valence-corrected chi connectivity index (χ4v) is 1.15. The molecule has 0 radical (unpaired) electrons. The van der Waals surface area contributed by atoms with E-state index in [4.69, 9.17) is 10.2 Å². The van der Waals surface area contributed by atoms with E-state index in [0.717, 1.165) is 0 Å². The van der Waals surface area contributed by atoms with Crippen molar-refractivity contribution in [2.24, 2.45) is 0 Å². The number of phenolic OH excluding ortho intramolecular Hbond substituents is 2. The minimum Gasteiger partial charge on any atom is -0.504 e. The van der Waals surface area contributed by atoms with Gasteiger partial charge < -0.3 is 15.3 Å². The van der Waals surface area contributed by atoms with Gasteiger partial charge in [0.05, 0.1) is 0 Å². The number of aromatic hydroxyl groups is 2. The predicted molar refractivity (Wildman–Crippen MR) is 55.7 cm³/mol. The normalized spacial score (nSPS) is 11.4. The van der Waals surface area contributed by atoms with Crippen LogP contribution in [0.15, 0.2) is 23.8 Å². The molecule has 0 saturated carbocycles. The van der Waals surface area contributed by atoms with E-state index in [-0.39, 0.29) is 17.1 Å². The van der Waals surface area contributed by atoms with Crippen LogP contribution in [-0.2, 0) is 4.79 Å². The lowest BCUT2D eigenvalue weighted by Crippen LogP contribution is -1.98. The SMILES string of the molecule is CC/C(=C/c1ccc(O)c(O)c1)C(=O)O. The standard InChI is InChI=1S/C11H12O4/c1-2-8(11(14)15)5-7-3-4-9(12)10(13)6-7/h3-6,12-13H,2H2,1H3,(H,14,15)/b8-5-. The van der Waals surface area contributed by atoms with Crippen molar-refractivity contribution in [3.8, 4) is 11.5 Å². The number of carboxylic acid groups (broad SMARTS) is 1. The average molecular weight is 208 g/mol. The highest BCUT2D eigenvalue weighted by molar-refractivity contribution is 5.92. The Morgan fingerprint density at radius 3 is 2.47 bits per heavy atom. The molecule has 0 spiro atoms. The molecule has 4 heteroatoms. The molecule has 15 heavy (non-hydrogen) atoms. The first kappa shape index (κ1) is 11.1. The Labute approximate surface area is 87.1 Å². The van der Waals surface area contributed by atoms with Crippen LogP contribution in [-0.4, -0.2) is 21.3 Å². The minimum absolute atomic E-state index is 0.222. The Balaban J connectivity index is 3.07. The first-order valence-corrected chi connectivity index (χ1v) is 4.50. The summed E-state index contributed by atoms with van der Waals surface area (Å²) in [5.41, 5.74) is 0.796. The lowest BCUT2D eigenvalue weighted by atomic mass is 10.1. The number of hydrogen-bond acceptors (Lipinski definition) is 3. The van der Waals surface area contributed by atoms with Gasteiger partial charge >= 0.3 is 5.97 Å². The highest BCUT2D eigenvalue weighted by Crippen LogP contribution is 2.26. The zero-order valence-electron chi connectivity index (χ0n) is 8.27. The van der Waals surface area contributed by atoms with Crippen molar-refractivity contribution in [3.63, 3.8) is 0 Å². The summed E-state index contributed by atoms with van der Waals surface area (Å²) in [4.78, 5) is 10.7. The molecule has 0 amide bonds. The van der Waals surface area contributed by atoms with Gasteiger partial charge in [0.2, 0.25) is 0 Å². The van der Waals surface area contributed by atoms with Gasteiger partial charge in [-0.2, -0.15) is 0 Å². The van der Waals surface area contributed by atoms with Crippen LogP contribution in [0, 0.1) is 0 Å². The Morgan fingerprint density at radius 1 is 1.33 bits per heavy atom. The van der Waals surface area contributed by atoms with Gasteiger partial charge in [0.15, 0.2) is 11.5 Å². The molecule has 1 aromatic carbocycles. The molecule has 1 aromatic rings. The molecule has 0 aliphatic carbocycles. The summed E-state index contributed by atoms with van der Waals surface area (Å²) in [6, 6.07) is 4.16. The topological polar surface area (TPSA) is 77.8 Å². The molecule has 80 valence electrons. The van der Waals surface area contributed by atoms with E-state index in [1.807, 2.05) is 0 Å². The second-order valence-electron chi connectivity index (χ2n) is 3.08. The van der Waals surface area contributed by atoms with Gasteiger partial charge in [0.25, 0.3) is 0 Å². The van der Waals surface area contributed by atoms with E-state index in [2.05, 4.69) is 0 Å². The average Bonchev–Trinajstić information content (AvgIpc) is 2.19. The summed E-state index contributed by atoms with van der Waals surface area (Å²) in [7, 11) is 0. The molecule has 1 rings (SSSR count). The highest BCUT2D eigenvalue weighted by Gasteiger charge is 2.05. The Kier molecular flexibility index (Phi) is 3.33. The van der Waals surface area contributed by atoms with Crippen LogP contribution < -0.4 is 0 Å². The fraction of sp³-hybridized carbons (Fsp3) is 0.182. The van der Waals surface area contributed by atoms with Gasteiger partial charge in [0, 0.05) is 5.57 Å². The summed E-state index contributed by atoms with van der Waals surface area (Å²) in [6.07, 6.45) is 1.86. The van der Waals surface area contributed by atoms with Gasteiger partial charge in [-0.05, 0) is 30.2 Å². The van der Waals surface area contributed by atoms with Crippen LogP contribution in [0.4, 0.5) is 0 Å². The van der Waals surface area contributed by atoms with E-state index >= 15 is 0 Å². The third-order valence-corrected chi connectivity index (χ3v) is 2.00. The molecule has 0 bridgehead atoms. The largest absolute Gasteiger partial charge is 0.504 e. The first-order chi connectivity index (χ1) is 7.04. The molecule has 0 saturated heterocycles. The fourth-order valence-electron chi connectivity index (χ4n) is 1.15. The maximum absolute atomic E-state index is 10.7. The van der Waals surface area contributed by atoms with Crippen molar-refractivity contribution in [1.29, 1.82) is 0 Å². The van der Waals surface area contributed by atoms with E-state index < -0.39 is 5.97 Å². The summed E-state index contributed by atoms with van der Waals surface area (Å²) in [5, 5.41) is 27.0. The van der Waals surface area contributed by atoms with Crippen molar-refractivity contribution in [2.75, 3.05) is 0 Å². The van der Waals surface area contributed by atoms with E-state index in [9.17, 15) is 9.90 Å². The number of phenols is 2. The zero-order valence-corrected chi connectivity index (χ0v) is 8.27. The van der Waals surface area contributed by atoms with Crippen LogP contribution in [0.1, 0.15) is 18.9 Å². The maximum atomic E-state index is 10.7. The summed E-state index contributed by atoms with van der Waals surface area (Å²) in [5.74, 6) is -1.46. The van der Waals surface area contributed by atoms with Crippen LogP contribution in [0.5, 0.6) is 11.5 Å². The Bertz CT molecular complexity index is 407. The minimum atomic E-state index is -0.981. The number of rotatable bonds is 3. The molecule has 0 heterocycles. The van der Waals surface area contributed by atoms with Gasteiger partial charge in [-0.3, -0.25) is 0 Å². The summed E-state index contributed by atoms with van der Waals surface area (Å²) >= 11 is 0. The lowest BCUT2D eigenvalue weighted by Gasteiger charge is -2.01. The van der Waals surface area contributed by atoms with Crippen molar-refractivity contribution < 1.29 is 20.1 Å². The third kappa shape index (κ3) is 2.74. The van der Waals surface area contributed by atoms with Crippen molar-refractivity contribution in [3.05, 3.63) is 29.3 Å². The number of hydrogen-bond donors (Lipinski definition) is 3. The van der Waals surface area contributed by atoms with Gasteiger partial charge in [-0.1, -0.05) is 13.0 Å². The monoisotopic (exact) mass is 208 g/mol. The third-order valence-electron chi connectivity index (χ3n) is 2.00. The molecular weight excluding hydrogens is 196 g/mol. The number of aliphatic carboxylic acids is 1. The van der Waals surface area contributed by atoms with E-state index in [0.29, 0.717) is 12.0 Å². The van der Waals surface area contributed by atoms with E-state index in [1.54, 1.807) is 6.92 Å². The number of benzene rings is 1. The highest BCUT2D eigenvalue weighted by atomic mass is 16.4. The molecule has 0 fully saturated rings. The van der Waals surface area contributed by atoms with Crippen LogP contribution in [0.3, 0.4) is 0 Å². The molecule has 4 nitrogen and oxygen atoms in total. The van der Waals surface area contributed by atoms with Crippen molar-refractivity contribution >= 4 is 12.0 Å². The zero-order chi connectivity index (χ0) is 11.4. The van der Waals surface area contributed by atoms with Gasteiger partial charge in [-0.15, -0.1) is 0 Å². The Morgan fingerprint density at radius 2 is 2.00 bits per heavy atom. The summed E-state index contributed by atoms with van der Waals surface area (Å²) < 4.78 is 0. The molecule has 3 N–H and O–H groups in total. The second kappa shape index (κ2) is 4.50. The second-order valence-corrected chi connectivity index (χ2v) is 3.08. The lowest BCUT2D eigenvalue weighted by molar-refractivity contribution is -0.132. The van der Waals surface area contributed by atoms with Crippen LogP contribution in [0.25, 0.3) is 6.08 Å². The van der Waals surface area contributed by atoms with E-state index in [1.165, 1.54) is 24.3 Å². The molecular formula is C11H12O4. The summed E-state index contributed by atoms with van der Waals surface area (Å²) in [6.45, 7) is 1.74. The molecule has 0 aliphatic heterocycles. The van der Waals surface area contributed by atoms with Crippen LogP contribution in [0.2, 0.25) is 0 Å². The van der Waals surface area contributed by atoms with Gasteiger partial charge in [-0.25, -0.2) is 4.79 Å².